The molecule has 1 aliphatic rings. The van der Waals surface area contributed by atoms with Crippen LogP contribution < -0.4 is 0 Å². The van der Waals surface area contributed by atoms with E-state index in [0.717, 1.165) is 12.2 Å². The van der Waals surface area contributed by atoms with Gasteiger partial charge in [-0.25, -0.2) is 8.42 Å². The summed E-state index contributed by atoms with van der Waals surface area (Å²) < 4.78 is 27.1. The molecular weight excluding hydrogens is 373 g/mol. The minimum absolute atomic E-state index is 0.0778. The van der Waals surface area contributed by atoms with Crippen LogP contribution in [0.3, 0.4) is 0 Å². The van der Waals surface area contributed by atoms with E-state index >= 15 is 0 Å². The SMILES string of the molecule is CCC1CN(S(=O)(=O)c2ccc(Cl)c(CCl)c2Cl)CCS1. The average molecular weight is 389 g/mol. The van der Waals surface area contributed by atoms with Crippen molar-refractivity contribution in [1.29, 1.82) is 0 Å². The summed E-state index contributed by atoms with van der Waals surface area (Å²) in [4.78, 5) is 0.0889. The summed E-state index contributed by atoms with van der Waals surface area (Å²) in [7, 11) is -3.61. The van der Waals surface area contributed by atoms with Gasteiger partial charge in [0.2, 0.25) is 10.0 Å². The molecule has 0 saturated carbocycles. The largest absolute Gasteiger partial charge is 0.244 e. The van der Waals surface area contributed by atoms with Gasteiger partial charge >= 0.3 is 0 Å². The molecule has 1 fully saturated rings. The van der Waals surface area contributed by atoms with E-state index in [2.05, 4.69) is 6.92 Å². The first-order valence-electron chi connectivity index (χ1n) is 6.56. The van der Waals surface area contributed by atoms with Crippen LogP contribution in [0.15, 0.2) is 17.0 Å². The molecular formula is C13H16Cl3NO2S2. The first-order chi connectivity index (χ1) is 9.91. The van der Waals surface area contributed by atoms with Gasteiger partial charge in [-0.05, 0) is 18.6 Å². The summed E-state index contributed by atoms with van der Waals surface area (Å²) in [5.41, 5.74) is 0.458. The summed E-state index contributed by atoms with van der Waals surface area (Å²) in [6.45, 7) is 3.08. The Balaban J connectivity index is 2.40. The second kappa shape index (κ2) is 7.28. The van der Waals surface area contributed by atoms with E-state index in [-0.39, 0.29) is 15.8 Å². The number of benzene rings is 1. The third-order valence-electron chi connectivity index (χ3n) is 3.46. The molecule has 0 amide bonds. The van der Waals surface area contributed by atoms with Gasteiger partial charge in [0.05, 0.1) is 10.9 Å². The van der Waals surface area contributed by atoms with Gasteiger partial charge < -0.3 is 0 Å². The Labute approximate surface area is 145 Å². The van der Waals surface area contributed by atoms with Crippen molar-refractivity contribution >= 4 is 56.6 Å². The van der Waals surface area contributed by atoms with Crippen molar-refractivity contribution in [2.24, 2.45) is 0 Å². The van der Waals surface area contributed by atoms with Crippen LogP contribution in [0.25, 0.3) is 0 Å². The van der Waals surface area contributed by atoms with Crippen LogP contribution in [0.5, 0.6) is 0 Å². The van der Waals surface area contributed by atoms with Crippen LogP contribution in [0.4, 0.5) is 0 Å². The zero-order valence-electron chi connectivity index (χ0n) is 11.5. The third-order valence-corrected chi connectivity index (χ3v) is 7.90. The average Bonchev–Trinajstić information content (AvgIpc) is 2.47. The molecule has 0 N–H and O–H groups in total. The smallest absolute Gasteiger partial charge is 0.207 e. The molecule has 0 radical (unpaired) electrons. The van der Waals surface area contributed by atoms with Crippen LogP contribution in [-0.2, 0) is 15.9 Å². The summed E-state index contributed by atoms with van der Waals surface area (Å²) in [5.74, 6) is 0.875. The highest BCUT2D eigenvalue weighted by Crippen LogP contribution is 2.35. The summed E-state index contributed by atoms with van der Waals surface area (Å²) in [5, 5.41) is 0.838. The van der Waals surface area contributed by atoms with Crippen molar-refractivity contribution in [2.45, 2.75) is 29.4 Å². The first kappa shape index (κ1) is 17.7. The molecule has 21 heavy (non-hydrogen) atoms. The van der Waals surface area contributed by atoms with Crippen molar-refractivity contribution < 1.29 is 8.42 Å². The highest BCUT2D eigenvalue weighted by Gasteiger charge is 2.32. The van der Waals surface area contributed by atoms with E-state index in [1.165, 1.54) is 16.4 Å². The number of alkyl halides is 1. The van der Waals surface area contributed by atoms with E-state index in [1.54, 1.807) is 0 Å². The van der Waals surface area contributed by atoms with E-state index in [9.17, 15) is 8.42 Å². The molecule has 1 aromatic carbocycles. The minimum atomic E-state index is -3.61. The van der Waals surface area contributed by atoms with Gasteiger partial charge in [0.1, 0.15) is 4.90 Å². The van der Waals surface area contributed by atoms with Crippen molar-refractivity contribution in [3.05, 3.63) is 27.7 Å². The molecule has 1 atom stereocenters. The second-order valence-electron chi connectivity index (χ2n) is 4.74. The Bertz CT molecular complexity index is 622. The fourth-order valence-electron chi connectivity index (χ4n) is 2.19. The normalized spacial score (nSPS) is 20.7. The van der Waals surface area contributed by atoms with Crippen LogP contribution in [0.2, 0.25) is 10.0 Å². The van der Waals surface area contributed by atoms with Gasteiger partial charge in [-0.15, -0.1) is 11.6 Å². The van der Waals surface area contributed by atoms with Gasteiger partial charge in [-0.3, -0.25) is 0 Å². The molecule has 0 aliphatic carbocycles. The van der Waals surface area contributed by atoms with E-state index in [0.29, 0.717) is 28.9 Å². The maximum absolute atomic E-state index is 12.8. The number of halogens is 3. The molecule has 3 nitrogen and oxygen atoms in total. The van der Waals surface area contributed by atoms with Gasteiger partial charge in [0.25, 0.3) is 0 Å². The molecule has 0 bridgehead atoms. The summed E-state index contributed by atoms with van der Waals surface area (Å²) in [6.07, 6.45) is 0.942. The standard InChI is InChI=1S/C13H16Cl3NO2S2/c1-2-9-8-17(5-6-20-9)21(18,19)12-4-3-11(15)10(7-14)13(12)16/h3-4,9H,2,5-8H2,1H3. The molecule has 1 aromatic rings. The van der Waals surface area contributed by atoms with Crippen LogP contribution >= 0.6 is 46.6 Å². The van der Waals surface area contributed by atoms with Crippen LogP contribution in [0.1, 0.15) is 18.9 Å². The van der Waals surface area contributed by atoms with Crippen molar-refractivity contribution in [2.75, 3.05) is 18.8 Å². The molecule has 0 aromatic heterocycles. The highest BCUT2D eigenvalue weighted by molar-refractivity contribution is 8.00. The number of hydrogen-bond donors (Lipinski definition) is 0. The quantitative estimate of drug-likeness (QED) is 0.724. The lowest BCUT2D eigenvalue weighted by Crippen LogP contribution is -2.41. The molecule has 118 valence electrons. The monoisotopic (exact) mass is 387 g/mol. The second-order valence-corrected chi connectivity index (χ2v) is 9.10. The molecule has 2 rings (SSSR count). The lowest BCUT2D eigenvalue weighted by molar-refractivity contribution is 0.416. The lowest BCUT2D eigenvalue weighted by Gasteiger charge is -2.31. The molecule has 0 spiro atoms. The molecule has 1 unspecified atom stereocenters. The van der Waals surface area contributed by atoms with E-state index in [4.69, 9.17) is 34.8 Å². The molecule has 1 saturated heterocycles. The highest BCUT2D eigenvalue weighted by atomic mass is 35.5. The Morgan fingerprint density at radius 1 is 1.38 bits per heavy atom. The first-order valence-corrected chi connectivity index (χ1v) is 10.3. The fraction of sp³-hybridized carbons (Fsp3) is 0.538. The Morgan fingerprint density at radius 2 is 2.10 bits per heavy atom. The number of hydrogen-bond acceptors (Lipinski definition) is 3. The van der Waals surface area contributed by atoms with Crippen molar-refractivity contribution in [1.82, 2.24) is 4.31 Å². The number of sulfonamides is 1. The van der Waals surface area contributed by atoms with Crippen molar-refractivity contribution in [3.63, 3.8) is 0 Å². The number of thioether (sulfide) groups is 1. The number of nitrogens with zero attached hydrogens (tertiary/aromatic N) is 1. The van der Waals surface area contributed by atoms with Crippen molar-refractivity contribution in [3.8, 4) is 0 Å². The molecule has 1 aliphatic heterocycles. The topological polar surface area (TPSA) is 37.4 Å². The maximum Gasteiger partial charge on any atom is 0.244 e. The third kappa shape index (κ3) is 3.65. The zero-order chi connectivity index (χ0) is 15.6. The van der Waals surface area contributed by atoms with Gasteiger partial charge in [0.15, 0.2) is 0 Å². The van der Waals surface area contributed by atoms with Crippen LogP contribution in [-0.4, -0.2) is 36.8 Å². The zero-order valence-corrected chi connectivity index (χ0v) is 15.4. The minimum Gasteiger partial charge on any atom is -0.207 e. The van der Waals surface area contributed by atoms with E-state index < -0.39 is 10.0 Å². The number of rotatable bonds is 4. The molecule has 8 heteroatoms. The lowest BCUT2D eigenvalue weighted by atomic mass is 10.2. The Kier molecular flexibility index (Phi) is 6.14. The van der Waals surface area contributed by atoms with Gasteiger partial charge in [-0.2, -0.15) is 16.1 Å². The predicted molar refractivity (Wildman–Crippen MR) is 91.3 cm³/mol. The summed E-state index contributed by atoms with van der Waals surface area (Å²) in [6, 6.07) is 2.99. The Morgan fingerprint density at radius 3 is 2.71 bits per heavy atom. The summed E-state index contributed by atoms with van der Waals surface area (Å²) >= 11 is 19.8. The van der Waals surface area contributed by atoms with Crippen LogP contribution in [0, 0.1) is 0 Å². The fourth-order valence-corrected chi connectivity index (χ4v) is 6.37. The molecule has 1 heterocycles. The van der Waals surface area contributed by atoms with E-state index in [1.807, 2.05) is 11.8 Å². The predicted octanol–water partition coefficient (Wildman–Crippen LogP) is 4.25. The Hall–Kier alpha value is 0.350. The van der Waals surface area contributed by atoms with Gasteiger partial charge in [-0.1, -0.05) is 30.1 Å². The van der Waals surface area contributed by atoms with Gasteiger partial charge in [0, 0.05) is 34.7 Å². The maximum atomic E-state index is 12.8.